The molecule has 3 heteroatoms. The SMILES string of the molecule is CC(C)(C)CC(=O)N1CCc2cccc(N)c2C1. The van der Waals surface area contributed by atoms with E-state index in [0.29, 0.717) is 13.0 Å². The molecule has 1 aliphatic heterocycles. The molecule has 0 saturated heterocycles. The second kappa shape index (κ2) is 4.63. The molecular weight excluding hydrogens is 224 g/mol. The van der Waals surface area contributed by atoms with Crippen LogP contribution in [0.1, 0.15) is 38.3 Å². The number of rotatable bonds is 1. The topological polar surface area (TPSA) is 46.3 Å². The Morgan fingerprint density at radius 2 is 2.11 bits per heavy atom. The number of nitrogen functional groups attached to an aromatic ring is 1. The number of hydrogen-bond donors (Lipinski definition) is 1. The van der Waals surface area contributed by atoms with Crippen LogP contribution in [0.25, 0.3) is 0 Å². The third-order valence-electron chi connectivity index (χ3n) is 3.34. The van der Waals surface area contributed by atoms with Crippen molar-refractivity contribution in [2.24, 2.45) is 5.41 Å². The molecule has 18 heavy (non-hydrogen) atoms. The van der Waals surface area contributed by atoms with Gasteiger partial charge in [0.15, 0.2) is 0 Å². The molecule has 0 atom stereocenters. The van der Waals surface area contributed by atoms with E-state index in [0.717, 1.165) is 24.2 Å². The first kappa shape index (κ1) is 12.9. The Balaban J connectivity index is 2.12. The zero-order valence-corrected chi connectivity index (χ0v) is 11.5. The van der Waals surface area contributed by atoms with Crippen molar-refractivity contribution in [2.75, 3.05) is 12.3 Å². The van der Waals surface area contributed by atoms with Crippen molar-refractivity contribution >= 4 is 11.6 Å². The van der Waals surface area contributed by atoms with Gasteiger partial charge in [-0.25, -0.2) is 0 Å². The summed E-state index contributed by atoms with van der Waals surface area (Å²) < 4.78 is 0. The number of amides is 1. The highest BCUT2D eigenvalue weighted by atomic mass is 16.2. The minimum Gasteiger partial charge on any atom is -0.398 e. The predicted molar refractivity (Wildman–Crippen MR) is 74.0 cm³/mol. The third kappa shape index (κ3) is 2.84. The van der Waals surface area contributed by atoms with Crippen molar-refractivity contribution < 1.29 is 4.79 Å². The summed E-state index contributed by atoms with van der Waals surface area (Å²) >= 11 is 0. The maximum absolute atomic E-state index is 12.2. The normalized spacial score (nSPS) is 15.4. The van der Waals surface area contributed by atoms with Gasteiger partial charge in [-0.1, -0.05) is 32.9 Å². The van der Waals surface area contributed by atoms with Gasteiger partial charge in [-0.05, 0) is 29.0 Å². The molecule has 0 spiro atoms. The van der Waals surface area contributed by atoms with Crippen LogP contribution >= 0.6 is 0 Å². The molecule has 0 saturated carbocycles. The summed E-state index contributed by atoms with van der Waals surface area (Å²) in [5.74, 6) is 0.233. The first-order chi connectivity index (χ1) is 8.37. The highest BCUT2D eigenvalue weighted by Crippen LogP contribution is 2.26. The summed E-state index contributed by atoms with van der Waals surface area (Å²) in [6, 6.07) is 6.01. The highest BCUT2D eigenvalue weighted by molar-refractivity contribution is 5.77. The van der Waals surface area contributed by atoms with E-state index in [2.05, 4.69) is 26.8 Å². The lowest BCUT2D eigenvalue weighted by atomic mass is 9.90. The lowest BCUT2D eigenvalue weighted by Gasteiger charge is -2.31. The van der Waals surface area contributed by atoms with Gasteiger partial charge in [0.2, 0.25) is 5.91 Å². The fourth-order valence-corrected chi connectivity index (χ4v) is 2.39. The molecule has 98 valence electrons. The van der Waals surface area contributed by atoms with Crippen LogP contribution in [0.15, 0.2) is 18.2 Å². The number of anilines is 1. The molecular formula is C15H22N2O. The van der Waals surface area contributed by atoms with Crippen molar-refractivity contribution in [1.82, 2.24) is 4.90 Å². The van der Waals surface area contributed by atoms with Gasteiger partial charge in [-0.3, -0.25) is 4.79 Å². The van der Waals surface area contributed by atoms with E-state index in [-0.39, 0.29) is 11.3 Å². The molecule has 2 N–H and O–H groups in total. The Morgan fingerprint density at radius 1 is 1.39 bits per heavy atom. The molecule has 0 aliphatic carbocycles. The molecule has 0 bridgehead atoms. The molecule has 1 aromatic rings. The maximum atomic E-state index is 12.2. The van der Waals surface area contributed by atoms with Crippen LogP contribution in [0, 0.1) is 5.41 Å². The molecule has 0 fully saturated rings. The molecule has 0 unspecified atom stereocenters. The summed E-state index contributed by atoms with van der Waals surface area (Å²) in [7, 11) is 0. The molecule has 0 aromatic heterocycles. The highest BCUT2D eigenvalue weighted by Gasteiger charge is 2.25. The van der Waals surface area contributed by atoms with Crippen LogP contribution in [-0.2, 0) is 17.8 Å². The fourth-order valence-electron chi connectivity index (χ4n) is 2.39. The largest absolute Gasteiger partial charge is 0.398 e. The van der Waals surface area contributed by atoms with E-state index < -0.39 is 0 Å². The van der Waals surface area contributed by atoms with Crippen molar-refractivity contribution in [3.63, 3.8) is 0 Å². The Bertz CT molecular complexity index is 460. The molecule has 1 heterocycles. The van der Waals surface area contributed by atoms with E-state index >= 15 is 0 Å². The van der Waals surface area contributed by atoms with Gasteiger partial charge in [-0.2, -0.15) is 0 Å². The van der Waals surface area contributed by atoms with Crippen LogP contribution < -0.4 is 5.73 Å². The maximum Gasteiger partial charge on any atom is 0.223 e. The van der Waals surface area contributed by atoms with Crippen molar-refractivity contribution in [3.8, 4) is 0 Å². The van der Waals surface area contributed by atoms with Gasteiger partial charge in [0.05, 0.1) is 0 Å². The quantitative estimate of drug-likeness (QED) is 0.774. The average molecular weight is 246 g/mol. The second-order valence-electron chi connectivity index (χ2n) is 6.29. The van der Waals surface area contributed by atoms with Gasteiger partial charge in [0, 0.05) is 25.2 Å². The van der Waals surface area contributed by atoms with Gasteiger partial charge < -0.3 is 10.6 Å². The van der Waals surface area contributed by atoms with E-state index in [1.165, 1.54) is 5.56 Å². The molecule has 0 radical (unpaired) electrons. The Morgan fingerprint density at radius 3 is 2.78 bits per heavy atom. The minimum atomic E-state index is 0.0413. The van der Waals surface area contributed by atoms with Crippen LogP contribution in [0.2, 0.25) is 0 Å². The lowest BCUT2D eigenvalue weighted by Crippen LogP contribution is -2.38. The molecule has 3 nitrogen and oxygen atoms in total. The van der Waals surface area contributed by atoms with E-state index in [4.69, 9.17) is 5.73 Å². The van der Waals surface area contributed by atoms with Crippen molar-refractivity contribution in [1.29, 1.82) is 0 Å². The van der Waals surface area contributed by atoms with Crippen LogP contribution in [0.4, 0.5) is 5.69 Å². The Hall–Kier alpha value is -1.51. The van der Waals surface area contributed by atoms with Crippen LogP contribution in [0.3, 0.4) is 0 Å². The van der Waals surface area contributed by atoms with Crippen LogP contribution in [-0.4, -0.2) is 17.4 Å². The zero-order valence-electron chi connectivity index (χ0n) is 11.5. The summed E-state index contributed by atoms with van der Waals surface area (Å²) in [5, 5.41) is 0. The number of carbonyl (C=O) groups is 1. The van der Waals surface area contributed by atoms with Crippen molar-refractivity contribution in [2.45, 2.75) is 40.2 Å². The predicted octanol–water partition coefficient (Wildman–Crippen LogP) is 2.59. The average Bonchev–Trinajstić information content (AvgIpc) is 2.27. The van der Waals surface area contributed by atoms with Gasteiger partial charge in [0.1, 0.15) is 0 Å². The first-order valence-corrected chi connectivity index (χ1v) is 6.51. The summed E-state index contributed by atoms with van der Waals surface area (Å²) in [4.78, 5) is 14.2. The van der Waals surface area contributed by atoms with Gasteiger partial charge in [-0.15, -0.1) is 0 Å². The summed E-state index contributed by atoms with van der Waals surface area (Å²) in [6.07, 6.45) is 1.51. The Labute approximate surface area is 109 Å². The number of fused-ring (bicyclic) bond motifs is 1. The summed E-state index contributed by atoms with van der Waals surface area (Å²) in [6.45, 7) is 7.76. The van der Waals surface area contributed by atoms with Gasteiger partial charge >= 0.3 is 0 Å². The number of nitrogens with two attached hydrogens (primary N) is 1. The monoisotopic (exact) mass is 246 g/mol. The molecule has 1 aliphatic rings. The first-order valence-electron chi connectivity index (χ1n) is 6.51. The Kier molecular flexibility index (Phi) is 3.33. The molecule has 2 rings (SSSR count). The lowest BCUT2D eigenvalue weighted by molar-refractivity contribution is -0.134. The van der Waals surface area contributed by atoms with E-state index in [1.807, 2.05) is 17.0 Å². The van der Waals surface area contributed by atoms with E-state index in [9.17, 15) is 4.79 Å². The number of carbonyl (C=O) groups excluding carboxylic acids is 1. The number of nitrogens with zero attached hydrogens (tertiary/aromatic N) is 1. The summed E-state index contributed by atoms with van der Waals surface area (Å²) in [5.41, 5.74) is 9.26. The van der Waals surface area contributed by atoms with E-state index in [1.54, 1.807) is 0 Å². The standard InChI is InChI=1S/C15H22N2O/c1-15(2,3)9-14(18)17-8-7-11-5-4-6-13(16)12(11)10-17/h4-6H,7-10,16H2,1-3H3. The second-order valence-corrected chi connectivity index (χ2v) is 6.29. The van der Waals surface area contributed by atoms with Crippen LogP contribution in [0.5, 0.6) is 0 Å². The van der Waals surface area contributed by atoms with Gasteiger partial charge in [0.25, 0.3) is 0 Å². The third-order valence-corrected chi connectivity index (χ3v) is 3.34. The van der Waals surface area contributed by atoms with Crippen molar-refractivity contribution in [3.05, 3.63) is 29.3 Å². The number of hydrogen-bond acceptors (Lipinski definition) is 2. The minimum absolute atomic E-state index is 0.0413. The molecule has 1 aromatic carbocycles. The number of benzene rings is 1. The zero-order chi connectivity index (χ0) is 13.3. The molecule has 1 amide bonds. The smallest absolute Gasteiger partial charge is 0.223 e. The fraction of sp³-hybridized carbons (Fsp3) is 0.533.